The van der Waals surface area contributed by atoms with Crippen LogP contribution in [-0.2, 0) is 13.0 Å². The number of aryl methyl sites for hydroxylation is 2. The Labute approximate surface area is 107 Å². The van der Waals surface area contributed by atoms with Gasteiger partial charge in [-0.05, 0) is 31.0 Å². The third-order valence-corrected chi connectivity index (χ3v) is 3.17. The zero-order valence-corrected chi connectivity index (χ0v) is 10.8. The van der Waals surface area contributed by atoms with E-state index in [1.807, 2.05) is 31.6 Å². The lowest BCUT2D eigenvalue weighted by Gasteiger charge is -2.18. The van der Waals surface area contributed by atoms with Gasteiger partial charge >= 0.3 is 0 Å². The molecule has 0 aliphatic carbocycles. The first-order valence-electron chi connectivity index (χ1n) is 6.13. The molecule has 2 aromatic rings. The molecule has 1 atom stereocenters. The van der Waals surface area contributed by atoms with Crippen LogP contribution in [0, 0.1) is 6.92 Å². The summed E-state index contributed by atoms with van der Waals surface area (Å²) in [6.07, 6.45) is 8.22. The highest BCUT2D eigenvalue weighted by atomic mass is 15.2. The standard InChI is InChI=1S/C13H19N5/c1-3-18-7-6-16-13(18)8-12(17-14)11-4-5-15-9-10(11)2/h4-7,9,12,17H,3,8,14H2,1-2H3. The van der Waals surface area contributed by atoms with Gasteiger partial charge in [0.05, 0.1) is 6.04 Å². The minimum Gasteiger partial charge on any atom is -0.335 e. The van der Waals surface area contributed by atoms with Crippen LogP contribution < -0.4 is 11.3 Å². The number of imidazole rings is 1. The lowest BCUT2D eigenvalue weighted by molar-refractivity contribution is 0.520. The summed E-state index contributed by atoms with van der Waals surface area (Å²) in [6.45, 7) is 5.06. The first kappa shape index (κ1) is 12.7. The Morgan fingerprint density at radius 2 is 2.28 bits per heavy atom. The van der Waals surface area contributed by atoms with Gasteiger partial charge in [-0.15, -0.1) is 0 Å². The fraction of sp³-hybridized carbons (Fsp3) is 0.385. The average Bonchev–Trinajstić information content (AvgIpc) is 2.84. The van der Waals surface area contributed by atoms with Gasteiger partial charge in [0.1, 0.15) is 5.82 Å². The smallest absolute Gasteiger partial charge is 0.110 e. The van der Waals surface area contributed by atoms with Gasteiger partial charge in [0.2, 0.25) is 0 Å². The van der Waals surface area contributed by atoms with Crippen molar-refractivity contribution in [2.75, 3.05) is 0 Å². The molecule has 2 heterocycles. The average molecular weight is 245 g/mol. The number of hydrogen-bond donors (Lipinski definition) is 2. The quantitative estimate of drug-likeness (QED) is 0.616. The number of nitrogens with two attached hydrogens (primary N) is 1. The van der Waals surface area contributed by atoms with E-state index in [9.17, 15) is 0 Å². The van der Waals surface area contributed by atoms with E-state index in [0.29, 0.717) is 0 Å². The Morgan fingerprint density at radius 1 is 1.44 bits per heavy atom. The van der Waals surface area contributed by atoms with Crippen LogP contribution in [0.5, 0.6) is 0 Å². The predicted octanol–water partition coefficient (Wildman–Crippen LogP) is 1.35. The fourth-order valence-corrected chi connectivity index (χ4v) is 2.13. The van der Waals surface area contributed by atoms with Crippen LogP contribution in [0.4, 0.5) is 0 Å². The topological polar surface area (TPSA) is 68.8 Å². The Hall–Kier alpha value is -1.72. The van der Waals surface area contributed by atoms with Crippen molar-refractivity contribution in [3.05, 3.63) is 47.8 Å². The van der Waals surface area contributed by atoms with Crippen molar-refractivity contribution in [3.8, 4) is 0 Å². The summed E-state index contributed by atoms with van der Waals surface area (Å²) >= 11 is 0. The highest BCUT2D eigenvalue weighted by Crippen LogP contribution is 2.19. The van der Waals surface area contributed by atoms with E-state index in [-0.39, 0.29) is 6.04 Å². The zero-order valence-electron chi connectivity index (χ0n) is 10.8. The summed E-state index contributed by atoms with van der Waals surface area (Å²) in [5.74, 6) is 6.71. The Kier molecular flexibility index (Phi) is 4.07. The molecule has 0 aliphatic heterocycles. The summed E-state index contributed by atoms with van der Waals surface area (Å²) in [4.78, 5) is 8.48. The molecule has 0 aromatic carbocycles. The predicted molar refractivity (Wildman–Crippen MR) is 70.6 cm³/mol. The minimum absolute atomic E-state index is 0.0562. The van der Waals surface area contributed by atoms with Gasteiger partial charge in [0, 0.05) is 37.8 Å². The van der Waals surface area contributed by atoms with E-state index >= 15 is 0 Å². The Bertz CT molecular complexity index is 506. The Morgan fingerprint density at radius 3 is 2.94 bits per heavy atom. The molecule has 0 spiro atoms. The molecule has 96 valence electrons. The molecule has 1 unspecified atom stereocenters. The van der Waals surface area contributed by atoms with Gasteiger partial charge < -0.3 is 4.57 Å². The largest absolute Gasteiger partial charge is 0.335 e. The first-order chi connectivity index (χ1) is 8.76. The SMILES string of the molecule is CCn1ccnc1CC(NN)c1ccncc1C. The number of pyridine rings is 1. The normalized spacial score (nSPS) is 12.6. The number of nitrogens with one attached hydrogen (secondary N) is 1. The second-order valence-corrected chi connectivity index (χ2v) is 4.29. The van der Waals surface area contributed by atoms with Crippen LogP contribution in [0.1, 0.15) is 29.9 Å². The van der Waals surface area contributed by atoms with Crippen molar-refractivity contribution in [2.45, 2.75) is 32.9 Å². The molecular weight excluding hydrogens is 226 g/mol. The fourth-order valence-electron chi connectivity index (χ4n) is 2.13. The zero-order chi connectivity index (χ0) is 13.0. The maximum Gasteiger partial charge on any atom is 0.110 e. The highest BCUT2D eigenvalue weighted by molar-refractivity contribution is 5.26. The van der Waals surface area contributed by atoms with Crippen molar-refractivity contribution in [1.82, 2.24) is 20.0 Å². The summed E-state index contributed by atoms with van der Waals surface area (Å²) < 4.78 is 2.13. The molecule has 3 N–H and O–H groups in total. The van der Waals surface area contributed by atoms with Crippen LogP contribution in [0.3, 0.4) is 0 Å². The second-order valence-electron chi connectivity index (χ2n) is 4.29. The molecule has 0 amide bonds. The monoisotopic (exact) mass is 245 g/mol. The maximum absolute atomic E-state index is 5.67. The van der Waals surface area contributed by atoms with Crippen molar-refractivity contribution < 1.29 is 0 Å². The third kappa shape index (κ3) is 2.57. The summed E-state index contributed by atoms with van der Waals surface area (Å²) in [7, 11) is 0. The van der Waals surface area contributed by atoms with Crippen molar-refractivity contribution in [3.63, 3.8) is 0 Å². The van der Waals surface area contributed by atoms with E-state index in [2.05, 4.69) is 26.9 Å². The number of nitrogens with zero attached hydrogens (tertiary/aromatic N) is 3. The molecule has 2 aromatic heterocycles. The lowest BCUT2D eigenvalue weighted by Crippen LogP contribution is -2.31. The minimum atomic E-state index is 0.0562. The van der Waals surface area contributed by atoms with Crippen LogP contribution in [-0.4, -0.2) is 14.5 Å². The summed E-state index contributed by atoms with van der Waals surface area (Å²) in [5, 5.41) is 0. The van der Waals surface area contributed by atoms with Crippen molar-refractivity contribution >= 4 is 0 Å². The molecule has 5 heteroatoms. The van der Waals surface area contributed by atoms with Crippen LogP contribution in [0.15, 0.2) is 30.9 Å². The third-order valence-electron chi connectivity index (χ3n) is 3.17. The molecule has 0 bridgehead atoms. The molecule has 18 heavy (non-hydrogen) atoms. The summed E-state index contributed by atoms with van der Waals surface area (Å²) in [6, 6.07) is 2.06. The number of aromatic nitrogens is 3. The molecule has 2 rings (SSSR count). The van der Waals surface area contributed by atoms with E-state index in [4.69, 9.17) is 5.84 Å². The number of hydrazine groups is 1. The van der Waals surface area contributed by atoms with E-state index < -0.39 is 0 Å². The van der Waals surface area contributed by atoms with Gasteiger partial charge in [0.15, 0.2) is 0 Å². The number of rotatable bonds is 5. The van der Waals surface area contributed by atoms with Gasteiger partial charge in [-0.3, -0.25) is 16.3 Å². The highest BCUT2D eigenvalue weighted by Gasteiger charge is 2.15. The second kappa shape index (κ2) is 5.75. The molecule has 0 saturated heterocycles. The van der Waals surface area contributed by atoms with Gasteiger partial charge in [-0.25, -0.2) is 4.98 Å². The van der Waals surface area contributed by atoms with Crippen LogP contribution in [0.2, 0.25) is 0 Å². The first-order valence-corrected chi connectivity index (χ1v) is 6.13. The van der Waals surface area contributed by atoms with Gasteiger partial charge in [-0.2, -0.15) is 0 Å². The number of hydrogen-bond acceptors (Lipinski definition) is 4. The van der Waals surface area contributed by atoms with Crippen molar-refractivity contribution in [1.29, 1.82) is 0 Å². The lowest BCUT2D eigenvalue weighted by atomic mass is 10.0. The van der Waals surface area contributed by atoms with Crippen LogP contribution >= 0.6 is 0 Å². The molecule has 0 radical (unpaired) electrons. The van der Waals surface area contributed by atoms with E-state index in [0.717, 1.165) is 29.9 Å². The maximum atomic E-state index is 5.67. The summed E-state index contributed by atoms with van der Waals surface area (Å²) in [5.41, 5.74) is 5.17. The molecule has 5 nitrogen and oxygen atoms in total. The molecule has 0 aliphatic rings. The molecule has 0 fully saturated rings. The van der Waals surface area contributed by atoms with Crippen molar-refractivity contribution in [2.24, 2.45) is 5.84 Å². The Balaban J connectivity index is 2.23. The molecular formula is C13H19N5. The van der Waals surface area contributed by atoms with Gasteiger partial charge in [-0.1, -0.05) is 0 Å². The molecule has 0 saturated carbocycles. The van der Waals surface area contributed by atoms with Gasteiger partial charge in [0.25, 0.3) is 0 Å². The van der Waals surface area contributed by atoms with E-state index in [1.165, 1.54) is 0 Å². The van der Waals surface area contributed by atoms with Crippen LogP contribution in [0.25, 0.3) is 0 Å². The van der Waals surface area contributed by atoms with E-state index in [1.54, 1.807) is 6.20 Å².